The molecule has 1 aromatic carbocycles. The predicted octanol–water partition coefficient (Wildman–Crippen LogP) is 3.08. The summed E-state index contributed by atoms with van der Waals surface area (Å²) < 4.78 is 0. The first-order valence-corrected chi connectivity index (χ1v) is 6.82. The average Bonchev–Trinajstić information content (AvgIpc) is 2.69. The van der Waals surface area contributed by atoms with Gasteiger partial charge in [-0.2, -0.15) is 0 Å². The zero-order valence-electron chi connectivity index (χ0n) is 11.5. The highest BCUT2D eigenvalue weighted by molar-refractivity contribution is 7.11. The van der Waals surface area contributed by atoms with E-state index in [1.165, 1.54) is 11.3 Å². The van der Waals surface area contributed by atoms with E-state index in [0.717, 1.165) is 21.3 Å². The molecule has 2 aromatic rings. The van der Waals surface area contributed by atoms with Crippen molar-refractivity contribution in [3.63, 3.8) is 0 Å². The number of nitrogens with zero attached hydrogens (tertiary/aromatic N) is 2. The molecule has 2 rings (SSSR count). The molecule has 0 unspecified atom stereocenters. The van der Waals surface area contributed by atoms with Crippen molar-refractivity contribution < 1.29 is 4.79 Å². The minimum atomic E-state index is -0.153. The zero-order chi connectivity index (χ0) is 14.0. The molecule has 19 heavy (non-hydrogen) atoms. The average molecular weight is 275 g/mol. The molecule has 0 aliphatic rings. The number of amides is 1. The van der Waals surface area contributed by atoms with Gasteiger partial charge in [-0.25, -0.2) is 4.98 Å². The van der Waals surface area contributed by atoms with Crippen LogP contribution in [0.25, 0.3) is 0 Å². The highest BCUT2D eigenvalue weighted by Crippen LogP contribution is 2.19. The number of hydrogen-bond donors (Lipinski definition) is 1. The lowest BCUT2D eigenvalue weighted by Crippen LogP contribution is -2.14. The Morgan fingerprint density at radius 3 is 2.32 bits per heavy atom. The molecule has 0 radical (unpaired) electrons. The van der Waals surface area contributed by atoms with E-state index in [4.69, 9.17) is 0 Å². The Bertz CT molecular complexity index is 587. The number of nitrogens with one attached hydrogen (secondary N) is 1. The van der Waals surface area contributed by atoms with Crippen molar-refractivity contribution in [1.82, 2.24) is 4.98 Å². The molecule has 5 heteroatoms. The molecule has 1 N–H and O–H groups in total. The topological polar surface area (TPSA) is 45.2 Å². The van der Waals surface area contributed by atoms with E-state index in [1.54, 1.807) is 0 Å². The van der Waals surface area contributed by atoms with Gasteiger partial charge in [0, 0.05) is 30.3 Å². The van der Waals surface area contributed by atoms with Crippen LogP contribution in [0, 0.1) is 13.8 Å². The molecule has 100 valence electrons. The number of rotatable bonds is 3. The van der Waals surface area contributed by atoms with Gasteiger partial charge in [0.05, 0.1) is 5.01 Å². The second-order valence-electron chi connectivity index (χ2n) is 4.53. The molecule has 1 heterocycles. The lowest BCUT2D eigenvalue weighted by Gasteiger charge is -2.12. The molecular formula is C14H17N3OS. The van der Waals surface area contributed by atoms with Crippen molar-refractivity contribution in [2.75, 3.05) is 24.3 Å². The molecule has 0 aliphatic heterocycles. The van der Waals surface area contributed by atoms with Crippen LogP contribution in [0.15, 0.2) is 24.3 Å². The zero-order valence-corrected chi connectivity index (χ0v) is 12.3. The summed E-state index contributed by atoms with van der Waals surface area (Å²) in [6.45, 7) is 3.81. The fourth-order valence-corrected chi connectivity index (χ4v) is 2.59. The Labute approximate surface area is 117 Å². The third-order valence-corrected chi connectivity index (χ3v) is 3.65. The van der Waals surface area contributed by atoms with Crippen molar-refractivity contribution in [2.45, 2.75) is 13.8 Å². The van der Waals surface area contributed by atoms with E-state index in [0.29, 0.717) is 5.69 Å². The van der Waals surface area contributed by atoms with Crippen LogP contribution >= 0.6 is 11.3 Å². The third-order valence-electron chi connectivity index (χ3n) is 2.76. The first-order valence-electron chi connectivity index (χ1n) is 6.00. The fraction of sp³-hybridized carbons (Fsp3) is 0.286. The van der Waals surface area contributed by atoms with Gasteiger partial charge in [-0.15, -0.1) is 11.3 Å². The summed E-state index contributed by atoms with van der Waals surface area (Å²) in [6.07, 6.45) is 0. The number of thiazole rings is 1. The lowest BCUT2D eigenvalue weighted by molar-refractivity contribution is 0.102. The number of aryl methyl sites for hydroxylation is 2. The van der Waals surface area contributed by atoms with Crippen molar-refractivity contribution in [3.8, 4) is 0 Å². The Morgan fingerprint density at radius 1 is 1.21 bits per heavy atom. The van der Waals surface area contributed by atoms with E-state index in [1.807, 2.05) is 57.1 Å². The second kappa shape index (κ2) is 5.40. The smallest absolute Gasteiger partial charge is 0.275 e. The normalized spacial score (nSPS) is 10.3. The van der Waals surface area contributed by atoms with Crippen LogP contribution in [0.1, 0.15) is 20.4 Å². The monoisotopic (exact) mass is 275 g/mol. The van der Waals surface area contributed by atoms with E-state index < -0.39 is 0 Å². The van der Waals surface area contributed by atoms with Crippen LogP contribution in [0.4, 0.5) is 11.4 Å². The van der Waals surface area contributed by atoms with Gasteiger partial charge in [-0.3, -0.25) is 4.79 Å². The molecule has 0 saturated carbocycles. The summed E-state index contributed by atoms with van der Waals surface area (Å²) in [5.41, 5.74) is 2.39. The highest BCUT2D eigenvalue weighted by Gasteiger charge is 2.13. The largest absolute Gasteiger partial charge is 0.378 e. The van der Waals surface area contributed by atoms with Gasteiger partial charge < -0.3 is 10.2 Å². The highest BCUT2D eigenvalue weighted by atomic mass is 32.1. The van der Waals surface area contributed by atoms with Crippen LogP contribution in [0.3, 0.4) is 0 Å². The van der Waals surface area contributed by atoms with Crippen molar-refractivity contribution >= 4 is 28.6 Å². The van der Waals surface area contributed by atoms with Crippen molar-refractivity contribution in [1.29, 1.82) is 0 Å². The number of benzene rings is 1. The summed E-state index contributed by atoms with van der Waals surface area (Å²) in [7, 11) is 3.96. The minimum absolute atomic E-state index is 0.153. The molecule has 0 bridgehead atoms. The lowest BCUT2D eigenvalue weighted by atomic mass is 10.2. The molecule has 0 fully saturated rings. The number of anilines is 2. The second-order valence-corrected chi connectivity index (χ2v) is 5.94. The Morgan fingerprint density at radius 2 is 1.84 bits per heavy atom. The van der Waals surface area contributed by atoms with Gasteiger partial charge in [0.2, 0.25) is 0 Å². The minimum Gasteiger partial charge on any atom is -0.378 e. The van der Waals surface area contributed by atoms with Gasteiger partial charge in [0.25, 0.3) is 5.91 Å². The van der Waals surface area contributed by atoms with Gasteiger partial charge in [-0.05, 0) is 38.1 Å². The SMILES string of the molecule is Cc1nc(C(=O)Nc2ccc(N(C)C)cc2)c(C)s1. The predicted molar refractivity (Wildman–Crippen MR) is 80.3 cm³/mol. The van der Waals surface area contributed by atoms with Crippen LogP contribution < -0.4 is 10.2 Å². The molecule has 0 atom stereocenters. The quantitative estimate of drug-likeness (QED) is 0.936. The van der Waals surface area contributed by atoms with Gasteiger partial charge >= 0.3 is 0 Å². The van der Waals surface area contributed by atoms with Gasteiger partial charge in [0.15, 0.2) is 0 Å². The van der Waals surface area contributed by atoms with Crippen LogP contribution in [-0.2, 0) is 0 Å². The third kappa shape index (κ3) is 3.12. The van der Waals surface area contributed by atoms with Crippen molar-refractivity contribution in [2.24, 2.45) is 0 Å². The molecule has 1 aromatic heterocycles. The van der Waals surface area contributed by atoms with Crippen molar-refractivity contribution in [3.05, 3.63) is 39.8 Å². The van der Waals surface area contributed by atoms with Gasteiger partial charge in [-0.1, -0.05) is 0 Å². The maximum Gasteiger partial charge on any atom is 0.275 e. The maximum atomic E-state index is 12.1. The van der Waals surface area contributed by atoms with Crippen LogP contribution in [0.5, 0.6) is 0 Å². The fourth-order valence-electron chi connectivity index (χ4n) is 1.77. The molecule has 4 nitrogen and oxygen atoms in total. The van der Waals surface area contributed by atoms with Gasteiger partial charge in [0.1, 0.15) is 5.69 Å². The Kier molecular flexibility index (Phi) is 3.85. The molecule has 0 spiro atoms. The Balaban J connectivity index is 2.13. The molecule has 0 saturated heterocycles. The van der Waals surface area contributed by atoms with Crippen LogP contribution in [0.2, 0.25) is 0 Å². The molecular weight excluding hydrogens is 258 g/mol. The molecule has 0 aliphatic carbocycles. The summed E-state index contributed by atoms with van der Waals surface area (Å²) in [5.74, 6) is -0.153. The van der Waals surface area contributed by atoms with E-state index in [9.17, 15) is 4.79 Å². The number of aromatic nitrogens is 1. The van der Waals surface area contributed by atoms with E-state index >= 15 is 0 Å². The summed E-state index contributed by atoms with van der Waals surface area (Å²) >= 11 is 1.54. The standard InChI is InChI=1S/C14H17N3OS/c1-9-13(15-10(2)19-9)14(18)16-11-5-7-12(8-6-11)17(3)4/h5-8H,1-4H3,(H,16,18). The number of carbonyl (C=O) groups excluding carboxylic acids is 1. The summed E-state index contributed by atoms with van der Waals surface area (Å²) in [4.78, 5) is 19.3. The van der Waals surface area contributed by atoms with E-state index in [2.05, 4.69) is 10.3 Å². The Hall–Kier alpha value is -1.88. The maximum absolute atomic E-state index is 12.1. The van der Waals surface area contributed by atoms with Crippen LogP contribution in [-0.4, -0.2) is 25.0 Å². The summed E-state index contributed by atoms with van der Waals surface area (Å²) in [5, 5.41) is 3.77. The number of hydrogen-bond acceptors (Lipinski definition) is 4. The first-order chi connectivity index (χ1) is 8.97. The molecule has 1 amide bonds. The first kappa shape index (κ1) is 13.5. The number of carbonyl (C=O) groups is 1. The van der Waals surface area contributed by atoms with E-state index in [-0.39, 0.29) is 5.91 Å². The summed E-state index contributed by atoms with van der Waals surface area (Å²) in [6, 6.07) is 7.72.